The molecule has 0 saturated carbocycles. The molecule has 0 bridgehead atoms. The summed E-state index contributed by atoms with van der Waals surface area (Å²) in [4.78, 5) is 26.3. The van der Waals surface area contributed by atoms with Gasteiger partial charge in [-0.3, -0.25) is 10.1 Å². The average molecular weight is 303 g/mol. The molecule has 0 aliphatic carbocycles. The second-order valence-electron chi connectivity index (χ2n) is 4.27. The van der Waals surface area contributed by atoms with Crippen molar-refractivity contribution in [2.24, 2.45) is 0 Å². The van der Waals surface area contributed by atoms with Gasteiger partial charge in [-0.05, 0) is 30.3 Å². The van der Waals surface area contributed by atoms with Crippen molar-refractivity contribution < 1.29 is 9.34 Å². The zero-order valence-corrected chi connectivity index (χ0v) is 11.2. The molecule has 0 saturated heterocycles. The molecule has 6 nitrogen and oxygen atoms in total. The van der Waals surface area contributed by atoms with Gasteiger partial charge in [-0.2, -0.15) is 0 Å². The van der Waals surface area contributed by atoms with E-state index in [-0.39, 0.29) is 17.0 Å². The van der Waals surface area contributed by atoms with Gasteiger partial charge in [0.05, 0.1) is 15.8 Å². The van der Waals surface area contributed by atoms with Crippen LogP contribution in [0.1, 0.15) is 0 Å². The van der Waals surface area contributed by atoms with Crippen molar-refractivity contribution in [3.63, 3.8) is 0 Å². The highest BCUT2D eigenvalue weighted by atomic mass is 35.5. The van der Waals surface area contributed by atoms with Crippen molar-refractivity contribution in [1.82, 2.24) is 4.98 Å². The van der Waals surface area contributed by atoms with Crippen LogP contribution in [0.25, 0.3) is 22.4 Å². The lowest BCUT2D eigenvalue weighted by Crippen LogP contribution is -2.02. The van der Waals surface area contributed by atoms with E-state index in [9.17, 15) is 14.9 Å². The van der Waals surface area contributed by atoms with Crippen LogP contribution in [-0.2, 0) is 0 Å². The van der Waals surface area contributed by atoms with E-state index in [0.29, 0.717) is 16.1 Å². The SMILES string of the molecule is O=c1oc(-c2ccc([N+](=O)[O-])cc2)nc2ccc(Cl)cc12. The minimum Gasteiger partial charge on any atom is -0.403 e. The van der Waals surface area contributed by atoms with Crippen LogP contribution in [0, 0.1) is 10.1 Å². The van der Waals surface area contributed by atoms with Gasteiger partial charge in [-0.25, -0.2) is 9.78 Å². The van der Waals surface area contributed by atoms with E-state index in [1.807, 2.05) is 0 Å². The molecule has 1 heterocycles. The Balaban J connectivity index is 2.14. The molecule has 3 aromatic rings. The first-order valence-electron chi connectivity index (χ1n) is 5.90. The molecule has 3 rings (SSSR count). The number of non-ortho nitro benzene ring substituents is 1. The van der Waals surface area contributed by atoms with Crippen LogP contribution in [0.3, 0.4) is 0 Å². The molecule has 0 aliphatic heterocycles. The Kier molecular flexibility index (Phi) is 3.15. The molecule has 21 heavy (non-hydrogen) atoms. The highest BCUT2D eigenvalue weighted by molar-refractivity contribution is 6.31. The second kappa shape index (κ2) is 4.99. The monoisotopic (exact) mass is 302 g/mol. The maximum absolute atomic E-state index is 11.9. The normalized spacial score (nSPS) is 10.7. The molecule has 104 valence electrons. The smallest absolute Gasteiger partial charge is 0.347 e. The molecule has 0 spiro atoms. The van der Waals surface area contributed by atoms with Gasteiger partial charge in [-0.15, -0.1) is 0 Å². The lowest BCUT2D eigenvalue weighted by Gasteiger charge is -2.02. The molecule has 0 atom stereocenters. The molecule has 0 radical (unpaired) electrons. The fourth-order valence-corrected chi connectivity index (χ4v) is 2.07. The summed E-state index contributed by atoms with van der Waals surface area (Å²) in [5.74, 6) is 0.102. The van der Waals surface area contributed by atoms with Gasteiger partial charge in [0.2, 0.25) is 5.89 Å². The molecule has 7 heteroatoms. The average Bonchev–Trinajstić information content (AvgIpc) is 2.48. The Morgan fingerprint density at radius 2 is 1.86 bits per heavy atom. The fourth-order valence-electron chi connectivity index (χ4n) is 1.89. The van der Waals surface area contributed by atoms with E-state index >= 15 is 0 Å². The minimum atomic E-state index is -0.559. The summed E-state index contributed by atoms with van der Waals surface area (Å²) in [6.45, 7) is 0. The third-order valence-corrected chi connectivity index (χ3v) is 3.15. The lowest BCUT2D eigenvalue weighted by atomic mass is 10.2. The summed E-state index contributed by atoms with van der Waals surface area (Å²) in [6, 6.07) is 10.3. The summed E-state index contributed by atoms with van der Waals surface area (Å²) in [6.07, 6.45) is 0. The number of aromatic nitrogens is 1. The summed E-state index contributed by atoms with van der Waals surface area (Å²) in [5.41, 5.74) is 0.322. The maximum Gasteiger partial charge on any atom is 0.347 e. The Morgan fingerprint density at radius 3 is 2.52 bits per heavy atom. The molecule has 0 N–H and O–H groups in total. The van der Waals surface area contributed by atoms with Gasteiger partial charge in [0, 0.05) is 22.7 Å². The van der Waals surface area contributed by atoms with Gasteiger partial charge in [0.1, 0.15) is 0 Å². The van der Waals surface area contributed by atoms with Crippen LogP contribution < -0.4 is 5.63 Å². The van der Waals surface area contributed by atoms with Crippen LogP contribution in [-0.4, -0.2) is 9.91 Å². The van der Waals surface area contributed by atoms with E-state index in [2.05, 4.69) is 4.98 Å². The van der Waals surface area contributed by atoms with E-state index in [4.69, 9.17) is 16.0 Å². The van der Waals surface area contributed by atoms with Gasteiger partial charge in [-0.1, -0.05) is 11.6 Å². The van der Waals surface area contributed by atoms with Crippen molar-refractivity contribution in [2.75, 3.05) is 0 Å². The number of nitro groups is 1. The first-order valence-corrected chi connectivity index (χ1v) is 6.27. The Hall–Kier alpha value is -2.73. The third-order valence-electron chi connectivity index (χ3n) is 2.91. The third kappa shape index (κ3) is 2.48. The topological polar surface area (TPSA) is 86.2 Å². The van der Waals surface area contributed by atoms with Crippen molar-refractivity contribution in [2.45, 2.75) is 0 Å². The van der Waals surface area contributed by atoms with Crippen LogP contribution in [0.15, 0.2) is 51.7 Å². The van der Waals surface area contributed by atoms with Crippen molar-refractivity contribution in [3.8, 4) is 11.5 Å². The molecule has 0 fully saturated rings. The predicted octanol–water partition coefficient (Wildman–Crippen LogP) is 3.42. The Morgan fingerprint density at radius 1 is 1.14 bits per heavy atom. The highest BCUT2D eigenvalue weighted by Crippen LogP contribution is 2.22. The minimum absolute atomic E-state index is 0.0475. The van der Waals surface area contributed by atoms with E-state index in [1.54, 1.807) is 12.1 Å². The van der Waals surface area contributed by atoms with Gasteiger partial charge >= 0.3 is 5.63 Å². The molecular weight excluding hydrogens is 296 g/mol. The van der Waals surface area contributed by atoms with Gasteiger partial charge < -0.3 is 4.42 Å². The lowest BCUT2D eigenvalue weighted by molar-refractivity contribution is -0.384. The number of hydrogen-bond donors (Lipinski definition) is 0. The fraction of sp³-hybridized carbons (Fsp3) is 0. The Bertz CT molecular complexity index is 903. The van der Waals surface area contributed by atoms with E-state index < -0.39 is 10.5 Å². The van der Waals surface area contributed by atoms with Gasteiger partial charge in [0.15, 0.2) is 0 Å². The highest BCUT2D eigenvalue weighted by Gasteiger charge is 2.11. The first kappa shape index (κ1) is 13.3. The summed E-state index contributed by atoms with van der Waals surface area (Å²) in [7, 11) is 0. The molecule has 2 aromatic carbocycles. The van der Waals surface area contributed by atoms with E-state index in [0.717, 1.165) is 0 Å². The van der Waals surface area contributed by atoms with Crippen molar-refractivity contribution in [1.29, 1.82) is 0 Å². The summed E-state index contributed by atoms with van der Waals surface area (Å²) >= 11 is 5.82. The molecule has 1 aromatic heterocycles. The Labute approximate surface area is 122 Å². The number of nitrogens with zero attached hydrogens (tertiary/aromatic N) is 2. The number of fused-ring (bicyclic) bond motifs is 1. The molecule has 0 unspecified atom stereocenters. The van der Waals surface area contributed by atoms with E-state index in [1.165, 1.54) is 30.3 Å². The summed E-state index contributed by atoms with van der Waals surface area (Å²) < 4.78 is 5.14. The quantitative estimate of drug-likeness (QED) is 0.535. The van der Waals surface area contributed by atoms with Crippen molar-refractivity contribution >= 4 is 28.2 Å². The standard InChI is InChI=1S/C14H7ClN2O4/c15-9-3-6-12-11(7-9)14(18)21-13(16-12)8-1-4-10(5-2-8)17(19)20/h1-7H. The van der Waals surface area contributed by atoms with Crippen molar-refractivity contribution in [3.05, 3.63) is 68.0 Å². The number of halogens is 1. The molecular formula is C14H7ClN2O4. The van der Waals surface area contributed by atoms with Crippen LogP contribution in [0.4, 0.5) is 5.69 Å². The van der Waals surface area contributed by atoms with Gasteiger partial charge in [0.25, 0.3) is 5.69 Å². The predicted molar refractivity (Wildman–Crippen MR) is 77.4 cm³/mol. The maximum atomic E-state index is 11.9. The zero-order chi connectivity index (χ0) is 15.0. The van der Waals surface area contributed by atoms with Crippen LogP contribution in [0.2, 0.25) is 5.02 Å². The number of nitro benzene ring substituents is 1. The summed E-state index contributed by atoms with van der Waals surface area (Å²) in [5, 5.41) is 11.3. The largest absolute Gasteiger partial charge is 0.403 e. The zero-order valence-electron chi connectivity index (χ0n) is 10.4. The molecule has 0 amide bonds. The molecule has 0 aliphatic rings. The van der Waals surface area contributed by atoms with Crippen LogP contribution >= 0.6 is 11.6 Å². The van der Waals surface area contributed by atoms with Crippen LogP contribution in [0.5, 0.6) is 0 Å². The number of hydrogen-bond acceptors (Lipinski definition) is 5. The number of benzene rings is 2. The second-order valence-corrected chi connectivity index (χ2v) is 4.71. The first-order chi connectivity index (χ1) is 10.0. The number of rotatable bonds is 2.